The van der Waals surface area contributed by atoms with E-state index >= 15 is 0 Å². The summed E-state index contributed by atoms with van der Waals surface area (Å²) in [6, 6.07) is 16.3. The molecular weight excluding hydrogens is 384 g/mol. The molecule has 4 rings (SSSR count). The topological polar surface area (TPSA) is 49.3 Å². The highest BCUT2D eigenvalue weighted by atomic mass is 16.2. The van der Waals surface area contributed by atoms with Gasteiger partial charge in [-0.2, -0.15) is 0 Å². The van der Waals surface area contributed by atoms with Crippen molar-refractivity contribution >= 4 is 27.7 Å². The Hall–Kier alpha value is -2.37. The standard InChI is InChI=1S/C26H36N4O/c1-6-29-23-10-8-7-9-21(23)22-13-19(11-12-24(22)29)15-27-20-14-25(26(31)28-17(2)3)30(16-20)18(4)5/h7-13,17-18,20,25,27H,6,14-16H2,1-5H3,(H,28,31)/t20-,25+/m1/s1. The molecule has 31 heavy (non-hydrogen) atoms. The zero-order valence-corrected chi connectivity index (χ0v) is 19.5. The minimum absolute atomic E-state index is 0.0510. The van der Waals surface area contributed by atoms with Gasteiger partial charge in [0.2, 0.25) is 5.91 Å². The molecule has 5 heteroatoms. The quantitative estimate of drug-likeness (QED) is 0.600. The largest absolute Gasteiger partial charge is 0.353 e. The molecule has 0 saturated carbocycles. The van der Waals surface area contributed by atoms with E-state index in [4.69, 9.17) is 0 Å². The van der Waals surface area contributed by atoms with Gasteiger partial charge in [-0.05, 0) is 64.8 Å². The van der Waals surface area contributed by atoms with Gasteiger partial charge in [-0.25, -0.2) is 0 Å². The number of carbonyl (C=O) groups excluding carboxylic acids is 1. The predicted octanol–water partition coefficient (Wildman–Crippen LogP) is 4.28. The molecule has 0 radical (unpaired) electrons. The van der Waals surface area contributed by atoms with Gasteiger partial charge in [0.25, 0.3) is 0 Å². The van der Waals surface area contributed by atoms with Gasteiger partial charge < -0.3 is 15.2 Å². The molecule has 166 valence electrons. The summed E-state index contributed by atoms with van der Waals surface area (Å²) >= 11 is 0. The van der Waals surface area contributed by atoms with E-state index in [1.807, 2.05) is 13.8 Å². The fourth-order valence-corrected chi connectivity index (χ4v) is 5.03. The number of nitrogens with one attached hydrogen (secondary N) is 2. The van der Waals surface area contributed by atoms with Gasteiger partial charge in [-0.1, -0.05) is 24.3 Å². The summed E-state index contributed by atoms with van der Waals surface area (Å²) in [5, 5.41) is 9.46. The maximum atomic E-state index is 12.7. The lowest BCUT2D eigenvalue weighted by molar-refractivity contribution is -0.126. The molecule has 1 saturated heterocycles. The van der Waals surface area contributed by atoms with E-state index in [0.717, 1.165) is 26.1 Å². The molecule has 0 unspecified atom stereocenters. The molecule has 1 aliphatic heterocycles. The summed E-state index contributed by atoms with van der Waals surface area (Å²) in [6.07, 6.45) is 0.855. The monoisotopic (exact) mass is 420 g/mol. The van der Waals surface area contributed by atoms with E-state index in [9.17, 15) is 4.79 Å². The Morgan fingerprint density at radius 1 is 1.06 bits per heavy atom. The zero-order chi connectivity index (χ0) is 22.1. The molecule has 0 spiro atoms. The van der Waals surface area contributed by atoms with Crippen molar-refractivity contribution in [1.29, 1.82) is 0 Å². The van der Waals surface area contributed by atoms with E-state index < -0.39 is 0 Å². The van der Waals surface area contributed by atoms with Crippen LogP contribution in [-0.2, 0) is 17.9 Å². The van der Waals surface area contributed by atoms with E-state index in [2.05, 4.69) is 83.3 Å². The first kappa shape index (κ1) is 21.8. The van der Waals surface area contributed by atoms with Gasteiger partial charge in [-0.15, -0.1) is 0 Å². The first-order valence-electron chi connectivity index (χ1n) is 11.7. The number of carbonyl (C=O) groups is 1. The molecule has 2 heterocycles. The van der Waals surface area contributed by atoms with Gasteiger partial charge in [-0.3, -0.25) is 9.69 Å². The molecule has 2 N–H and O–H groups in total. The van der Waals surface area contributed by atoms with Gasteiger partial charge in [0.05, 0.1) is 6.04 Å². The SMILES string of the molecule is CCn1c2ccccc2c2cc(CN[C@@H]3C[C@@H](C(=O)NC(C)C)N(C(C)C)C3)ccc21. The number of rotatable bonds is 7. The highest BCUT2D eigenvalue weighted by molar-refractivity contribution is 6.08. The van der Waals surface area contributed by atoms with Crippen LogP contribution in [0.1, 0.15) is 46.6 Å². The van der Waals surface area contributed by atoms with Crippen LogP contribution >= 0.6 is 0 Å². The van der Waals surface area contributed by atoms with Crippen LogP contribution < -0.4 is 10.6 Å². The smallest absolute Gasteiger partial charge is 0.237 e. The normalized spacial score (nSPS) is 19.8. The summed E-state index contributed by atoms with van der Waals surface area (Å²) in [5.41, 5.74) is 3.88. The average Bonchev–Trinajstić information content (AvgIpc) is 3.31. The van der Waals surface area contributed by atoms with Crippen molar-refractivity contribution in [3.05, 3.63) is 48.0 Å². The third-order valence-corrected chi connectivity index (χ3v) is 6.48. The highest BCUT2D eigenvalue weighted by Gasteiger charge is 2.37. The molecule has 2 aromatic carbocycles. The average molecular weight is 421 g/mol. The number of amides is 1. The zero-order valence-electron chi connectivity index (χ0n) is 19.5. The molecular formula is C26H36N4O. The van der Waals surface area contributed by atoms with E-state index in [0.29, 0.717) is 12.1 Å². The number of benzene rings is 2. The van der Waals surface area contributed by atoms with Crippen LogP contribution in [0, 0.1) is 0 Å². The van der Waals surface area contributed by atoms with Crippen molar-refractivity contribution < 1.29 is 4.79 Å². The third-order valence-electron chi connectivity index (χ3n) is 6.48. The second-order valence-electron chi connectivity index (χ2n) is 9.40. The number of para-hydroxylation sites is 1. The third kappa shape index (κ3) is 4.35. The minimum atomic E-state index is -0.0510. The molecule has 3 aromatic rings. The molecule has 5 nitrogen and oxygen atoms in total. The number of aromatic nitrogens is 1. The van der Waals surface area contributed by atoms with Gasteiger partial charge in [0.15, 0.2) is 0 Å². The summed E-state index contributed by atoms with van der Waals surface area (Å²) in [7, 11) is 0. The van der Waals surface area contributed by atoms with E-state index in [1.54, 1.807) is 0 Å². The highest BCUT2D eigenvalue weighted by Crippen LogP contribution is 2.30. The fraction of sp³-hybridized carbons (Fsp3) is 0.500. The second kappa shape index (κ2) is 9.01. The predicted molar refractivity (Wildman–Crippen MR) is 129 cm³/mol. The van der Waals surface area contributed by atoms with Crippen LogP contribution in [-0.4, -0.2) is 46.1 Å². The van der Waals surface area contributed by atoms with Gasteiger partial charge in [0.1, 0.15) is 0 Å². The van der Waals surface area contributed by atoms with Crippen LogP contribution in [0.15, 0.2) is 42.5 Å². The lowest BCUT2D eigenvalue weighted by Crippen LogP contribution is -2.47. The Morgan fingerprint density at radius 3 is 2.52 bits per heavy atom. The van der Waals surface area contributed by atoms with Crippen molar-refractivity contribution in [3.63, 3.8) is 0 Å². The maximum Gasteiger partial charge on any atom is 0.237 e. The van der Waals surface area contributed by atoms with Crippen molar-refractivity contribution in [2.45, 2.75) is 78.3 Å². The maximum absolute atomic E-state index is 12.7. The van der Waals surface area contributed by atoms with Crippen molar-refractivity contribution in [1.82, 2.24) is 20.1 Å². The number of hydrogen-bond acceptors (Lipinski definition) is 3. The Bertz CT molecular complexity index is 1070. The lowest BCUT2D eigenvalue weighted by Gasteiger charge is -2.27. The lowest BCUT2D eigenvalue weighted by atomic mass is 10.1. The van der Waals surface area contributed by atoms with Crippen molar-refractivity contribution in [2.24, 2.45) is 0 Å². The second-order valence-corrected chi connectivity index (χ2v) is 9.40. The summed E-state index contributed by atoms with van der Waals surface area (Å²) in [5.74, 6) is 0.154. The Kier molecular flexibility index (Phi) is 6.35. The van der Waals surface area contributed by atoms with E-state index in [1.165, 1.54) is 27.4 Å². The van der Waals surface area contributed by atoms with Crippen LogP contribution in [0.4, 0.5) is 0 Å². The Balaban J connectivity index is 1.50. The number of fused-ring (bicyclic) bond motifs is 3. The number of hydrogen-bond donors (Lipinski definition) is 2. The molecule has 1 fully saturated rings. The first-order valence-corrected chi connectivity index (χ1v) is 11.7. The van der Waals surface area contributed by atoms with Crippen molar-refractivity contribution in [3.8, 4) is 0 Å². The molecule has 0 bridgehead atoms. The number of nitrogens with zero attached hydrogens (tertiary/aromatic N) is 2. The molecule has 0 aliphatic carbocycles. The van der Waals surface area contributed by atoms with Crippen molar-refractivity contribution in [2.75, 3.05) is 6.54 Å². The first-order chi connectivity index (χ1) is 14.9. The van der Waals surface area contributed by atoms with Gasteiger partial charge >= 0.3 is 0 Å². The van der Waals surface area contributed by atoms with Crippen LogP contribution in [0.5, 0.6) is 0 Å². The Labute approximate surface area is 185 Å². The van der Waals surface area contributed by atoms with Crippen LogP contribution in [0.2, 0.25) is 0 Å². The number of likely N-dealkylation sites (tertiary alicyclic amines) is 1. The van der Waals surface area contributed by atoms with E-state index in [-0.39, 0.29) is 18.0 Å². The summed E-state index contributed by atoms with van der Waals surface area (Å²) in [6.45, 7) is 13.3. The Morgan fingerprint density at radius 2 is 1.81 bits per heavy atom. The van der Waals surface area contributed by atoms with Crippen LogP contribution in [0.25, 0.3) is 21.8 Å². The fourth-order valence-electron chi connectivity index (χ4n) is 5.03. The molecule has 1 amide bonds. The molecule has 2 atom stereocenters. The van der Waals surface area contributed by atoms with Crippen LogP contribution in [0.3, 0.4) is 0 Å². The summed E-state index contributed by atoms with van der Waals surface area (Å²) < 4.78 is 2.39. The number of aryl methyl sites for hydroxylation is 1. The molecule has 1 aromatic heterocycles. The molecule has 1 aliphatic rings. The minimum Gasteiger partial charge on any atom is -0.353 e. The van der Waals surface area contributed by atoms with Gasteiger partial charge in [0, 0.05) is 59.6 Å². The summed E-state index contributed by atoms with van der Waals surface area (Å²) in [4.78, 5) is 15.0.